The van der Waals surface area contributed by atoms with E-state index < -0.39 is 0 Å². The van der Waals surface area contributed by atoms with Crippen molar-refractivity contribution in [3.05, 3.63) is 28.8 Å². The molecule has 0 fully saturated rings. The molecule has 90 valence electrons. The largest absolute Gasteiger partial charge is 0.316 e. The van der Waals surface area contributed by atoms with Crippen LogP contribution in [0.15, 0.2) is 23.1 Å². The molecular formula is C13H20ClNS. The van der Waals surface area contributed by atoms with E-state index in [1.165, 1.54) is 35.5 Å². The summed E-state index contributed by atoms with van der Waals surface area (Å²) in [5, 5.41) is 4.00. The summed E-state index contributed by atoms with van der Waals surface area (Å²) >= 11 is 7.94. The van der Waals surface area contributed by atoms with Crippen LogP contribution in [-0.4, -0.2) is 12.8 Å². The third kappa shape index (κ3) is 4.77. The van der Waals surface area contributed by atoms with E-state index in [4.69, 9.17) is 11.6 Å². The van der Waals surface area contributed by atoms with Gasteiger partial charge in [-0.1, -0.05) is 31.4 Å². The number of hydrogen-bond donors (Lipinski definition) is 1. The summed E-state index contributed by atoms with van der Waals surface area (Å²) in [7, 11) is 1.96. The molecular weight excluding hydrogens is 238 g/mol. The molecule has 0 aliphatic carbocycles. The van der Waals surface area contributed by atoms with Gasteiger partial charge in [0.1, 0.15) is 0 Å². The molecule has 0 spiro atoms. The molecule has 0 unspecified atom stereocenters. The van der Waals surface area contributed by atoms with Gasteiger partial charge in [-0.3, -0.25) is 0 Å². The zero-order valence-corrected chi connectivity index (χ0v) is 11.6. The van der Waals surface area contributed by atoms with E-state index in [0.717, 1.165) is 11.6 Å². The van der Waals surface area contributed by atoms with Gasteiger partial charge in [0.25, 0.3) is 0 Å². The van der Waals surface area contributed by atoms with Crippen LogP contribution >= 0.6 is 23.4 Å². The third-order valence-corrected chi connectivity index (χ3v) is 3.83. The summed E-state index contributed by atoms with van der Waals surface area (Å²) in [6, 6.07) is 6.16. The Morgan fingerprint density at radius 1 is 1.31 bits per heavy atom. The summed E-state index contributed by atoms with van der Waals surface area (Å²) in [6.07, 6.45) is 3.90. The Kier molecular flexibility index (Phi) is 6.93. The second kappa shape index (κ2) is 7.99. The molecule has 0 aliphatic rings. The summed E-state index contributed by atoms with van der Waals surface area (Å²) in [5.74, 6) is 1.20. The lowest BCUT2D eigenvalue weighted by atomic mass is 10.2. The number of halogens is 1. The lowest BCUT2D eigenvalue weighted by Gasteiger charge is -2.09. The predicted octanol–water partition coefficient (Wildman–Crippen LogP) is 4.34. The van der Waals surface area contributed by atoms with Crippen LogP contribution in [0.4, 0.5) is 0 Å². The van der Waals surface area contributed by atoms with Crippen LogP contribution in [0, 0.1) is 0 Å². The number of rotatable bonds is 7. The van der Waals surface area contributed by atoms with Crippen molar-refractivity contribution in [3.63, 3.8) is 0 Å². The van der Waals surface area contributed by atoms with Crippen LogP contribution in [0.25, 0.3) is 0 Å². The van der Waals surface area contributed by atoms with Gasteiger partial charge in [0.15, 0.2) is 0 Å². The van der Waals surface area contributed by atoms with Gasteiger partial charge < -0.3 is 5.32 Å². The average Bonchev–Trinajstić information content (AvgIpc) is 2.27. The van der Waals surface area contributed by atoms with Crippen molar-refractivity contribution in [2.75, 3.05) is 12.8 Å². The molecule has 1 N–H and O–H groups in total. The Morgan fingerprint density at radius 3 is 2.81 bits per heavy atom. The summed E-state index contributed by atoms with van der Waals surface area (Å²) in [4.78, 5) is 1.36. The van der Waals surface area contributed by atoms with Crippen molar-refractivity contribution in [2.24, 2.45) is 0 Å². The fourth-order valence-corrected chi connectivity index (χ4v) is 2.80. The molecule has 3 heteroatoms. The SMILES string of the molecule is CCCCCSc1ccc(Cl)cc1CNC. The van der Waals surface area contributed by atoms with E-state index in [0.29, 0.717) is 0 Å². The lowest BCUT2D eigenvalue weighted by molar-refractivity contribution is 0.777. The molecule has 0 atom stereocenters. The minimum absolute atomic E-state index is 0.822. The minimum Gasteiger partial charge on any atom is -0.316 e. The van der Waals surface area contributed by atoms with Crippen molar-refractivity contribution in [3.8, 4) is 0 Å². The number of nitrogens with one attached hydrogen (secondary N) is 1. The van der Waals surface area contributed by atoms with Crippen molar-refractivity contribution in [2.45, 2.75) is 37.6 Å². The fourth-order valence-electron chi connectivity index (χ4n) is 1.55. The maximum absolute atomic E-state index is 6.00. The first kappa shape index (κ1) is 13.9. The summed E-state index contributed by atoms with van der Waals surface area (Å²) < 4.78 is 0. The van der Waals surface area contributed by atoms with E-state index >= 15 is 0 Å². The second-order valence-corrected chi connectivity index (χ2v) is 5.41. The molecule has 1 aromatic carbocycles. The number of unbranched alkanes of at least 4 members (excludes halogenated alkanes) is 2. The molecule has 0 saturated heterocycles. The predicted molar refractivity (Wildman–Crippen MR) is 74.5 cm³/mol. The second-order valence-electron chi connectivity index (χ2n) is 3.84. The Bertz CT molecular complexity index is 315. The summed E-state index contributed by atoms with van der Waals surface area (Å²) in [6.45, 7) is 3.12. The molecule has 0 aromatic heterocycles. The molecule has 1 rings (SSSR count). The number of benzene rings is 1. The number of hydrogen-bond acceptors (Lipinski definition) is 2. The zero-order valence-electron chi connectivity index (χ0n) is 10.1. The number of thioether (sulfide) groups is 1. The summed E-state index contributed by atoms with van der Waals surface area (Å²) in [5.41, 5.74) is 1.30. The monoisotopic (exact) mass is 257 g/mol. The van der Waals surface area contributed by atoms with E-state index in [-0.39, 0.29) is 0 Å². The molecule has 1 nitrogen and oxygen atoms in total. The zero-order chi connectivity index (χ0) is 11.8. The normalized spacial score (nSPS) is 10.7. The van der Waals surface area contributed by atoms with Crippen LogP contribution in [0.1, 0.15) is 31.7 Å². The Balaban J connectivity index is 2.56. The Morgan fingerprint density at radius 2 is 2.12 bits per heavy atom. The molecule has 16 heavy (non-hydrogen) atoms. The maximum atomic E-state index is 6.00. The van der Waals surface area contributed by atoms with E-state index in [1.54, 1.807) is 0 Å². The highest BCUT2D eigenvalue weighted by Gasteiger charge is 2.03. The Hall–Kier alpha value is -0.180. The highest BCUT2D eigenvalue weighted by Crippen LogP contribution is 2.26. The topological polar surface area (TPSA) is 12.0 Å². The first-order valence-corrected chi connectivity index (χ1v) is 7.20. The van der Waals surface area contributed by atoms with E-state index in [9.17, 15) is 0 Å². The van der Waals surface area contributed by atoms with Gasteiger partial charge in [0.2, 0.25) is 0 Å². The molecule has 0 aliphatic heterocycles. The van der Waals surface area contributed by atoms with Crippen LogP contribution in [0.5, 0.6) is 0 Å². The molecule has 0 heterocycles. The quantitative estimate of drug-likeness (QED) is 0.576. The molecule has 0 amide bonds. The van der Waals surface area contributed by atoms with Crippen LogP contribution in [-0.2, 0) is 6.54 Å². The van der Waals surface area contributed by atoms with Crippen LogP contribution in [0.2, 0.25) is 5.02 Å². The van der Waals surface area contributed by atoms with Gasteiger partial charge >= 0.3 is 0 Å². The van der Waals surface area contributed by atoms with E-state index in [1.807, 2.05) is 24.9 Å². The highest BCUT2D eigenvalue weighted by molar-refractivity contribution is 7.99. The van der Waals surface area contributed by atoms with Crippen molar-refractivity contribution < 1.29 is 0 Å². The van der Waals surface area contributed by atoms with Crippen LogP contribution < -0.4 is 5.32 Å². The standard InChI is InChI=1S/C13H20ClNS/c1-3-4-5-8-16-13-7-6-12(14)9-11(13)10-15-2/h6-7,9,15H,3-5,8,10H2,1-2H3. The Labute approximate surface area is 108 Å². The maximum Gasteiger partial charge on any atom is 0.0410 e. The average molecular weight is 258 g/mol. The van der Waals surface area contributed by atoms with Crippen LogP contribution in [0.3, 0.4) is 0 Å². The van der Waals surface area contributed by atoms with Crippen molar-refractivity contribution >= 4 is 23.4 Å². The third-order valence-electron chi connectivity index (χ3n) is 2.40. The minimum atomic E-state index is 0.822. The first-order valence-electron chi connectivity index (χ1n) is 5.83. The van der Waals surface area contributed by atoms with Gasteiger partial charge in [0, 0.05) is 16.5 Å². The molecule has 0 saturated carbocycles. The van der Waals surface area contributed by atoms with Gasteiger partial charge in [-0.2, -0.15) is 0 Å². The lowest BCUT2D eigenvalue weighted by Crippen LogP contribution is -2.06. The van der Waals surface area contributed by atoms with Gasteiger partial charge in [-0.15, -0.1) is 11.8 Å². The highest BCUT2D eigenvalue weighted by atomic mass is 35.5. The first-order chi connectivity index (χ1) is 7.77. The van der Waals surface area contributed by atoms with Crippen molar-refractivity contribution in [1.82, 2.24) is 5.32 Å². The smallest absolute Gasteiger partial charge is 0.0410 e. The molecule has 0 radical (unpaired) electrons. The molecule has 1 aromatic rings. The van der Waals surface area contributed by atoms with Crippen molar-refractivity contribution in [1.29, 1.82) is 0 Å². The van der Waals surface area contributed by atoms with E-state index in [2.05, 4.69) is 24.4 Å². The van der Waals surface area contributed by atoms with Gasteiger partial charge in [-0.05, 0) is 43.0 Å². The fraction of sp³-hybridized carbons (Fsp3) is 0.538. The van der Waals surface area contributed by atoms with Gasteiger partial charge in [-0.25, -0.2) is 0 Å². The molecule has 0 bridgehead atoms. The van der Waals surface area contributed by atoms with Gasteiger partial charge in [0.05, 0.1) is 0 Å².